The lowest BCUT2D eigenvalue weighted by atomic mass is 10.2. The van der Waals surface area contributed by atoms with Crippen LogP contribution in [-0.4, -0.2) is 22.3 Å². The normalized spacial score (nSPS) is 19.8. The summed E-state index contributed by atoms with van der Waals surface area (Å²) in [7, 11) is 0. The molecule has 1 heterocycles. The minimum atomic E-state index is -4.43. The van der Waals surface area contributed by atoms with E-state index in [4.69, 9.17) is 4.84 Å². The van der Waals surface area contributed by atoms with Crippen molar-refractivity contribution in [2.75, 3.05) is 0 Å². The van der Waals surface area contributed by atoms with Crippen LogP contribution < -0.4 is 4.84 Å². The molecule has 0 radical (unpaired) electrons. The Balaban J connectivity index is 2.14. The Hall–Kier alpha value is -2.02. The molecular formula is C13H12F3NO3. The van der Waals surface area contributed by atoms with E-state index in [2.05, 4.69) is 0 Å². The molecule has 1 N–H and O–H groups in total. The molecule has 1 atom stereocenters. The number of hydrogen-bond acceptors (Lipinski definition) is 3. The summed E-state index contributed by atoms with van der Waals surface area (Å²) < 4.78 is 37.2. The lowest BCUT2D eigenvalue weighted by molar-refractivity contribution is -0.174. The van der Waals surface area contributed by atoms with Gasteiger partial charge in [0.05, 0.1) is 5.56 Å². The fourth-order valence-corrected chi connectivity index (χ4v) is 1.72. The molecule has 0 spiro atoms. The summed E-state index contributed by atoms with van der Waals surface area (Å²) in [5.41, 5.74) is -0.0186. The maximum Gasteiger partial charge on any atom is 0.416 e. The summed E-state index contributed by atoms with van der Waals surface area (Å²) in [5.74, 6) is -0.484. The van der Waals surface area contributed by atoms with Crippen molar-refractivity contribution in [2.45, 2.75) is 26.3 Å². The second-order valence-corrected chi connectivity index (χ2v) is 4.43. The van der Waals surface area contributed by atoms with Crippen LogP contribution in [-0.2, 0) is 11.0 Å². The monoisotopic (exact) mass is 287 g/mol. The van der Waals surface area contributed by atoms with Gasteiger partial charge in [-0.15, -0.1) is 5.06 Å². The molecule has 0 bridgehead atoms. The smallest absolute Gasteiger partial charge is 0.374 e. The van der Waals surface area contributed by atoms with Gasteiger partial charge in [-0.3, -0.25) is 4.79 Å². The van der Waals surface area contributed by atoms with Gasteiger partial charge in [-0.1, -0.05) is 0 Å². The molecule has 0 aliphatic carbocycles. The third kappa shape index (κ3) is 2.49. The predicted octanol–water partition coefficient (Wildman–Crippen LogP) is 2.50. The number of nitrogens with zero attached hydrogens (tertiary/aromatic N) is 1. The molecule has 7 heteroatoms. The standard InChI is InChI=1S/C13H12F3NO3/c1-7-8(2)12(19)17(11(7)18)20-10-5-3-9(4-6-10)13(14,15)16/h3-6,11,18H,1-2H3. The molecule has 20 heavy (non-hydrogen) atoms. The highest BCUT2D eigenvalue weighted by molar-refractivity contribution is 5.96. The van der Waals surface area contributed by atoms with Crippen molar-refractivity contribution in [3.8, 4) is 5.75 Å². The van der Waals surface area contributed by atoms with E-state index in [-0.39, 0.29) is 5.75 Å². The number of carbonyl (C=O) groups is 1. The molecular weight excluding hydrogens is 275 g/mol. The maximum absolute atomic E-state index is 12.4. The fraction of sp³-hybridized carbons (Fsp3) is 0.308. The average molecular weight is 287 g/mol. The number of benzene rings is 1. The first kappa shape index (κ1) is 14.4. The minimum absolute atomic E-state index is 0.0351. The van der Waals surface area contributed by atoms with Crippen LogP contribution in [0.4, 0.5) is 13.2 Å². The van der Waals surface area contributed by atoms with E-state index in [1.54, 1.807) is 6.92 Å². The quantitative estimate of drug-likeness (QED) is 0.909. The van der Waals surface area contributed by atoms with Crippen LogP contribution in [0.3, 0.4) is 0 Å². The Morgan fingerprint density at radius 3 is 2.15 bits per heavy atom. The van der Waals surface area contributed by atoms with Gasteiger partial charge >= 0.3 is 6.18 Å². The van der Waals surface area contributed by atoms with Gasteiger partial charge in [0, 0.05) is 5.57 Å². The van der Waals surface area contributed by atoms with E-state index in [9.17, 15) is 23.1 Å². The molecule has 108 valence electrons. The summed E-state index contributed by atoms with van der Waals surface area (Å²) in [6.07, 6.45) is -5.67. The Kier molecular flexibility index (Phi) is 3.47. The molecule has 1 aliphatic rings. The number of aliphatic hydroxyl groups excluding tert-OH is 1. The number of alkyl halides is 3. The maximum atomic E-state index is 12.4. The Labute approximate surface area is 113 Å². The van der Waals surface area contributed by atoms with Crippen LogP contribution in [0.5, 0.6) is 5.75 Å². The first-order valence-electron chi connectivity index (χ1n) is 5.76. The highest BCUT2D eigenvalue weighted by atomic mass is 19.4. The highest BCUT2D eigenvalue weighted by Gasteiger charge is 2.36. The van der Waals surface area contributed by atoms with Crippen molar-refractivity contribution in [1.82, 2.24) is 5.06 Å². The molecule has 1 aromatic carbocycles. The number of rotatable bonds is 2. The second-order valence-electron chi connectivity index (χ2n) is 4.43. The number of halogens is 3. The minimum Gasteiger partial charge on any atom is -0.374 e. The average Bonchev–Trinajstić information content (AvgIpc) is 2.56. The largest absolute Gasteiger partial charge is 0.416 e. The van der Waals surface area contributed by atoms with Gasteiger partial charge in [-0.05, 0) is 43.7 Å². The van der Waals surface area contributed by atoms with Crippen molar-refractivity contribution in [2.24, 2.45) is 0 Å². The van der Waals surface area contributed by atoms with Crippen molar-refractivity contribution >= 4 is 5.91 Å². The fourth-order valence-electron chi connectivity index (χ4n) is 1.72. The molecule has 0 saturated carbocycles. The Bertz CT molecular complexity index is 563. The van der Waals surface area contributed by atoms with E-state index in [1.165, 1.54) is 6.92 Å². The third-order valence-electron chi connectivity index (χ3n) is 3.11. The third-order valence-corrected chi connectivity index (χ3v) is 3.11. The van der Waals surface area contributed by atoms with Gasteiger partial charge < -0.3 is 9.94 Å². The molecule has 1 aromatic rings. The summed E-state index contributed by atoms with van der Waals surface area (Å²) in [6, 6.07) is 3.86. The topological polar surface area (TPSA) is 49.8 Å². The van der Waals surface area contributed by atoms with E-state index in [1.807, 2.05) is 0 Å². The van der Waals surface area contributed by atoms with Gasteiger partial charge in [-0.2, -0.15) is 13.2 Å². The molecule has 1 amide bonds. The van der Waals surface area contributed by atoms with Crippen LogP contribution >= 0.6 is 0 Å². The summed E-state index contributed by atoms with van der Waals surface area (Å²) in [5, 5.41) is 10.5. The van der Waals surface area contributed by atoms with Crippen molar-refractivity contribution in [3.05, 3.63) is 41.0 Å². The zero-order valence-corrected chi connectivity index (χ0v) is 10.7. The highest BCUT2D eigenvalue weighted by Crippen LogP contribution is 2.31. The lowest BCUT2D eigenvalue weighted by Crippen LogP contribution is -2.38. The molecule has 0 aromatic heterocycles. The zero-order valence-electron chi connectivity index (χ0n) is 10.7. The van der Waals surface area contributed by atoms with Gasteiger partial charge in [0.1, 0.15) is 0 Å². The summed E-state index contributed by atoms with van der Waals surface area (Å²) >= 11 is 0. The number of aliphatic hydroxyl groups is 1. The van der Waals surface area contributed by atoms with E-state index in [0.717, 1.165) is 29.3 Å². The number of amides is 1. The van der Waals surface area contributed by atoms with Gasteiger partial charge in [-0.25, -0.2) is 0 Å². The Morgan fingerprint density at radius 2 is 1.75 bits per heavy atom. The van der Waals surface area contributed by atoms with Crippen LogP contribution in [0.1, 0.15) is 19.4 Å². The number of carbonyl (C=O) groups excluding carboxylic acids is 1. The van der Waals surface area contributed by atoms with Gasteiger partial charge in [0.15, 0.2) is 12.0 Å². The van der Waals surface area contributed by atoms with Crippen LogP contribution in [0.15, 0.2) is 35.4 Å². The van der Waals surface area contributed by atoms with Crippen LogP contribution in [0.2, 0.25) is 0 Å². The van der Waals surface area contributed by atoms with Crippen LogP contribution in [0, 0.1) is 0 Å². The van der Waals surface area contributed by atoms with Gasteiger partial charge in [0.25, 0.3) is 5.91 Å². The van der Waals surface area contributed by atoms with E-state index < -0.39 is 23.9 Å². The predicted molar refractivity (Wildman–Crippen MR) is 63.3 cm³/mol. The molecule has 0 saturated heterocycles. The van der Waals surface area contributed by atoms with E-state index >= 15 is 0 Å². The lowest BCUT2D eigenvalue weighted by Gasteiger charge is -2.21. The molecule has 1 aliphatic heterocycles. The zero-order chi connectivity index (χ0) is 15.1. The first-order valence-corrected chi connectivity index (χ1v) is 5.76. The summed E-state index contributed by atoms with van der Waals surface area (Å²) in [4.78, 5) is 16.9. The first-order chi connectivity index (χ1) is 9.21. The van der Waals surface area contributed by atoms with Crippen molar-refractivity contribution < 1.29 is 27.9 Å². The van der Waals surface area contributed by atoms with Crippen molar-refractivity contribution in [3.63, 3.8) is 0 Å². The van der Waals surface area contributed by atoms with Crippen LogP contribution in [0.25, 0.3) is 0 Å². The number of hydroxylamine groups is 2. The van der Waals surface area contributed by atoms with Gasteiger partial charge in [0.2, 0.25) is 0 Å². The molecule has 1 unspecified atom stereocenters. The van der Waals surface area contributed by atoms with Crippen molar-refractivity contribution in [1.29, 1.82) is 0 Å². The molecule has 2 rings (SSSR count). The second kappa shape index (κ2) is 4.82. The molecule has 4 nitrogen and oxygen atoms in total. The van der Waals surface area contributed by atoms with E-state index in [0.29, 0.717) is 11.1 Å². The Morgan fingerprint density at radius 1 is 1.20 bits per heavy atom. The summed E-state index contributed by atoms with van der Waals surface area (Å²) in [6.45, 7) is 3.12. The molecule has 0 fully saturated rings. The number of hydrogen-bond donors (Lipinski definition) is 1. The SMILES string of the molecule is CC1=C(C)C(O)N(Oc2ccc(C(F)(F)F)cc2)C1=O.